The minimum atomic E-state index is -3.77. The molecule has 0 radical (unpaired) electrons. The van der Waals surface area contributed by atoms with Crippen LogP contribution in [-0.4, -0.2) is 38.8 Å². The van der Waals surface area contributed by atoms with Gasteiger partial charge in [0.2, 0.25) is 15.9 Å². The molecule has 134 valence electrons. The van der Waals surface area contributed by atoms with Crippen LogP contribution in [0.15, 0.2) is 17.0 Å². The predicted octanol–water partition coefficient (Wildman–Crippen LogP) is 2.71. The molecule has 0 bridgehead atoms. The molecule has 0 aliphatic carbocycles. The predicted molar refractivity (Wildman–Crippen MR) is 90.9 cm³/mol. The van der Waals surface area contributed by atoms with E-state index >= 15 is 0 Å². The quantitative estimate of drug-likeness (QED) is 0.859. The topological polar surface area (TPSA) is 66.5 Å². The van der Waals surface area contributed by atoms with Gasteiger partial charge in [0.25, 0.3) is 0 Å². The zero-order chi connectivity index (χ0) is 17.9. The molecule has 1 saturated heterocycles. The van der Waals surface area contributed by atoms with Gasteiger partial charge < -0.3 is 5.32 Å². The minimum Gasteiger partial charge on any atom is -0.359 e. The lowest BCUT2D eigenvalue weighted by Crippen LogP contribution is -2.40. The van der Waals surface area contributed by atoms with Crippen LogP contribution in [0, 0.1) is 18.7 Å². The number of nitrogens with zero attached hydrogens (tertiary/aromatic N) is 1. The minimum absolute atomic E-state index is 0.0489. The monoisotopic (exact) mass is 376 g/mol. The van der Waals surface area contributed by atoms with Crippen LogP contribution in [0.5, 0.6) is 0 Å². The van der Waals surface area contributed by atoms with Crippen molar-refractivity contribution in [3.05, 3.63) is 28.5 Å². The van der Waals surface area contributed by atoms with Gasteiger partial charge >= 0.3 is 0 Å². The molecule has 1 aromatic rings. The van der Waals surface area contributed by atoms with Crippen LogP contribution in [0.2, 0.25) is 5.02 Å². The second-order valence-corrected chi connectivity index (χ2v) is 8.43. The molecule has 1 fully saturated rings. The Morgan fingerprint density at radius 2 is 2.17 bits per heavy atom. The molecule has 8 heteroatoms. The van der Waals surface area contributed by atoms with Crippen LogP contribution < -0.4 is 5.32 Å². The molecule has 0 saturated carbocycles. The Labute approximate surface area is 147 Å². The molecular weight excluding hydrogens is 355 g/mol. The largest absolute Gasteiger partial charge is 0.359 e. The smallest absolute Gasteiger partial charge is 0.244 e. The zero-order valence-corrected chi connectivity index (χ0v) is 15.4. The van der Waals surface area contributed by atoms with Gasteiger partial charge in [-0.25, -0.2) is 12.8 Å². The first kappa shape index (κ1) is 19.1. The molecule has 5 nitrogen and oxygen atoms in total. The van der Waals surface area contributed by atoms with Crippen LogP contribution in [-0.2, 0) is 14.8 Å². The Bertz CT molecular complexity index is 724. The van der Waals surface area contributed by atoms with Gasteiger partial charge in [0.15, 0.2) is 0 Å². The molecule has 0 spiro atoms. The van der Waals surface area contributed by atoms with Crippen molar-refractivity contribution in [2.75, 3.05) is 20.1 Å². The number of nitrogens with one attached hydrogen (secondary N) is 1. The van der Waals surface area contributed by atoms with E-state index in [9.17, 15) is 17.6 Å². The maximum Gasteiger partial charge on any atom is 0.244 e. The molecule has 1 heterocycles. The Balaban J connectivity index is 2.17. The summed E-state index contributed by atoms with van der Waals surface area (Å²) in [4.78, 5) is 11.3. The van der Waals surface area contributed by atoms with E-state index in [4.69, 9.17) is 11.6 Å². The molecule has 0 aromatic heterocycles. The van der Waals surface area contributed by atoms with E-state index in [2.05, 4.69) is 5.32 Å². The fourth-order valence-corrected chi connectivity index (χ4v) is 5.04. The van der Waals surface area contributed by atoms with Crippen molar-refractivity contribution in [1.29, 1.82) is 0 Å². The second-order valence-electron chi connectivity index (χ2n) is 6.11. The third-order valence-corrected chi connectivity index (χ3v) is 6.70. The average molecular weight is 377 g/mol. The summed E-state index contributed by atoms with van der Waals surface area (Å²) in [5, 5.41) is 2.46. The summed E-state index contributed by atoms with van der Waals surface area (Å²) < 4.78 is 40.6. The fraction of sp³-hybridized carbons (Fsp3) is 0.562. The van der Waals surface area contributed by atoms with Crippen LogP contribution in [0.25, 0.3) is 0 Å². The van der Waals surface area contributed by atoms with Crippen LogP contribution in [0.4, 0.5) is 4.39 Å². The lowest BCUT2D eigenvalue weighted by Gasteiger charge is -2.32. The van der Waals surface area contributed by atoms with E-state index in [0.29, 0.717) is 25.9 Å². The highest BCUT2D eigenvalue weighted by molar-refractivity contribution is 7.89. The summed E-state index contributed by atoms with van der Waals surface area (Å²) in [6.07, 6.45) is 2.64. The van der Waals surface area contributed by atoms with Crippen molar-refractivity contribution in [2.45, 2.75) is 37.5 Å². The van der Waals surface area contributed by atoms with Gasteiger partial charge in [-0.3, -0.25) is 4.79 Å². The van der Waals surface area contributed by atoms with E-state index < -0.39 is 15.8 Å². The standard InChI is InChI=1S/C16H22ClFN2O3S/c1-11-8-15(13(17)9-14(11)18)24(22,23)20-7-3-4-12(10-20)5-6-16(21)19-2/h8-9,12H,3-7,10H2,1-2H3,(H,19,21). The highest BCUT2D eigenvalue weighted by atomic mass is 35.5. The van der Waals surface area contributed by atoms with Gasteiger partial charge in [-0.1, -0.05) is 11.6 Å². The van der Waals surface area contributed by atoms with Crippen LogP contribution in [0.3, 0.4) is 0 Å². The first-order valence-electron chi connectivity index (χ1n) is 7.92. The van der Waals surface area contributed by atoms with Gasteiger partial charge in [-0.2, -0.15) is 4.31 Å². The fourth-order valence-electron chi connectivity index (χ4n) is 2.91. The van der Waals surface area contributed by atoms with Gasteiger partial charge in [-0.05, 0) is 49.8 Å². The van der Waals surface area contributed by atoms with E-state index in [1.54, 1.807) is 7.05 Å². The summed E-state index contributed by atoms with van der Waals surface area (Å²) in [5.41, 5.74) is 0.242. The van der Waals surface area contributed by atoms with Crippen LogP contribution in [0.1, 0.15) is 31.2 Å². The number of piperidine rings is 1. The molecule has 1 N–H and O–H groups in total. The summed E-state index contributed by atoms with van der Waals surface area (Å²) in [6, 6.07) is 2.32. The van der Waals surface area contributed by atoms with Gasteiger partial charge in [-0.15, -0.1) is 0 Å². The molecule has 24 heavy (non-hydrogen) atoms. The highest BCUT2D eigenvalue weighted by Crippen LogP contribution is 2.31. The number of benzene rings is 1. The summed E-state index contributed by atoms with van der Waals surface area (Å²) in [7, 11) is -2.19. The van der Waals surface area contributed by atoms with Crippen molar-refractivity contribution >= 4 is 27.5 Å². The van der Waals surface area contributed by atoms with Crippen molar-refractivity contribution in [3.8, 4) is 0 Å². The van der Waals surface area contributed by atoms with Gasteiger partial charge in [0.1, 0.15) is 10.7 Å². The SMILES string of the molecule is CNC(=O)CCC1CCCN(S(=O)(=O)c2cc(C)c(F)cc2Cl)C1. The number of carbonyl (C=O) groups excluding carboxylic acids is 1. The number of aryl methyl sites for hydroxylation is 1. The van der Waals surface area contributed by atoms with E-state index in [-0.39, 0.29) is 27.3 Å². The number of hydrogen-bond donors (Lipinski definition) is 1. The Morgan fingerprint density at radius 1 is 1.46 bits per heavy atom. The Morgan fingerprint density at radius 3 is 2.83 bits per heavy atom. The summed E-state index contributed by atoms with van der Waals surface area (Å²) >= 11 is 5.96. The molecule has 1 aliphatic heterocycles. The third kappa shape index (κ3) is 4.26. The van der Waals surface area contributed by atoms with Gasteiger partial charge in [0, 0.05) is 26.6 Å². The molecule has 1 unspecified atom stereocenters. The number of carbonyl (C=O) groups is 1. The Hall–Kier alpha value is -1.18. The number of hydrogen-bond acceptors (Lipinski definition) is 3. The average Bonchev–Trinajstić information content (AvgIpc) is 2.56. The van der Waals surface area contributed by atoms with Gasteiger partial charge in [0.05, 0.1) is 5.02 Å². The maximum atomic E-state index is 13.5. The normalized spacial score (nSPS) is 19.2. The third-order valence-electron chi connectivity index (χ3n) is 4.37. The van der Waals surface area contributed by atoms with E-state index in [0.717, 1.165) is 18.9 Å². The van der Waals surface area contributed by atoms with E-state index in [1.807, 2.05) is 0 Å². The maximum absolute atomic E-state index is 13.5. The number of halogens is 2. The molecule has 2 rings (SSSR count). The van der Waals surface area contributed by atoms with Crippen molar-refractivity contribution in [1.82, 2.24) is 9.62 Å². The van der Waals surface area contributed by atoms with Crippen molar-refractivity contribution < 1.29 is 17.6 Å². The van der Waals surface area contributed by atoms with Crippen molar-refractivity contribution in [2.24, 2.45) is 5.92 Å². The molecule has 1 aliphatic rings. The number of rotatable bonds is 5. The first-order chi connectivity index (χ1) is 11.3. The number of amides is 1. The van der Waals surface area contributed by atoms with Crippen LogP contribution >= 0.6 is 11.6 Å². The molecule has 1 atom stereocenters. The first-order valence-corrected chi connectivity index (χ1v) is 9.74. The lowest BCUT2D eigenvalue weighted by molar-refractivity contribution is -0.120. The molecule has 1 amide bonds. The number of sulfonamides is 1. The second kappa shape index (κ2) is 7.80. The lowest BCUT2D eigenvalue weighted by atomic mass is 9.94. The highest BCUT2D eigenvalue weighted by Gasteiger charge is 2.32. The van der Waals surface area contributed by atoms with E-state index in [1.165, 1.54) is 17.3 Å². The zero-order valence-electron chi connectivity index (χ0n) is 13.8. The Kier molecular flexibility index (Phi) is 6.22. The van der Waals surface area contributed by atoms with Crippen molar-refractivity contribution in [3.63, 3.8) is 0 Å². The summed E-state index contributed by atoms with van der Waals surface area (Å²) in [6.45, 7) is 2.27. The molecule has 1 aromatic carbocycles. The summed E-state index contributed by atoms with van der Waals surface area (Å²) in [5.74, 6) is -0.445. The molecular formula is C16H22ClFN2O3S.